The highest BCUT2D eigenvalue weighted by Gasteiger charge is 2.23. The Balaban J connectivity index is 1.98. The number of nitrogens with zero attached hydrogens (tertiary/aromatic N) is 1. The standard InChI is InChI=1S/C14H21FN2O/c1-2-16-9-13-11-18-8-7-17(13)10-12-5-3-4-6-14(12)15/h3-6,13,16H,2,7-11H2,1H3. The van der Waals surface area contributed by atoms with Crippen molar-refractivity contribution < 1.29 is 9.13 Å². The zero-order valence-electron chi connectivity index (χ0n) is 10.9. The van der Waals surface area contributed by atoms with E-state index < -0.39 is 0 Å². The van der Waals surface area contributed by atoms with E-state index in [1.54, 1.807) is 6.07 Å². The van der Waals surface area contributed by atoms with Crippen LogP contribution in [0.15, 0.2) is 24.3 Å². The minimum Gasteiger partial charge on any atom is -0.378 e. The predicted octanol–water partition coefficient (Wildman–Crippen LogP) is 1.64. The van der Waals surface area contributed by atoms with E-state index >= 15 is 0 Å². The van der Waals surface area contributed by atoms with Gasteiger partial charge in [0.1, 0.15) is 5.82 Å². The summed E-state index contributed by atoms with van der Waals surface area (Å²) >= 11 is 0. The Morgan fingerprint density at radius 1 is 1.44 bits per heavy atom. The van der Waals surface area contributed by atoms with Crippen LogP contribution >= 0.6 is 0 Å². The number of benzene rings is 1. The summed E-state index contributed by atoms with van der Waals surface area (Å²) in [6, 6.07) is 7.33. The van der Waals surface area contributed by atoms with Crippen LogP contribution in [0.4, 0.5) is 4.39 Å². The molecule has 18 heavy (non-hydrogen) atoms. The molecule has 4 heteroatoms. The molecule has 0 bridgehead atoms. The Hall–Kier alpha value is -0.970. The molecule has 1 unspecified atom stereocenters. The average molecular weight is 252 g/mol. The van der Waals surface area contributed by atoms with Crippen LogP contribution < -0.4 is 5.32 Å². The number of morpholine rings is 1. The predicted molar refractivity (Wildman–Crippen MR) is 70.0 cm³/mol. The lowest BCUT2D eigenvalue weighted by Crippen LogP contribution is -2.49. The summed E-state index contributed by atoms with van der Waals surface area (Å²) < 4.78 is 19.2. The van der Waals surface area contributed by atoms with Crippen LogP contribution in [0.3, 0.4) is 0 Å². The minimum absolute atomic E-state index is 0.119. The van der Waals surface area contributed by atoms with Crippen molar-refractivity contribution >= 4 is 0 Å². The van der Waals surface area contributed by atoms with Gasteiger partial charge < -0.3 is 10.1 Å². The lowest BCUT2D eigenvalue weighted by molar-refractivity contribution is -0.0111. The van der Waals surface area contributed by atoms with Crippen LogP contribution in [0.5, 0.6) is 0 Å². The van der Waals surface area contributed by atoms with E-state index in [2.05, 4.69) is 17.1 Å². The number of nitrogens with one attached hydrogen (secondary N) is 1. The molecule has 1 aromatic carbocycles. The van der Waals surface area contributed by atoms with Crippen LogP contribution in [-0.2, 0) is 11.3 Å². The molecule has 1 saturated heterocycles. The van der Waals surface area contributed by atoms with Gasteiger partial charge in [-0.15, -0.1) is 0 Å². The Labute approximate surface area is 108 Å². The van der Waals surface area contributed by atoms with Crippen LogP contribution in [0.25, 0.3) is 0 Å². The molecule has 1 aliphatic heterocycles. The van der Waals surface area contributed by atoms with Crippen molar-refractivity contribution in [2.75, 3.05) is 32.8 Å². The molecule has 0 radical (unpaired) electrons. The number of hydrogen-bond acceptors (Lipinski definition) is 3. The van der Waals surface area contributed by atoms with E-state index in [1.807, 2.05) is 12.1 Å². The van der Waals surface area contributed by atoms with Gasteiger partial charge in [-0.25, -0.2) is 4.39 Å². The number of likely N-dealkylation sites (N-methyl/N-ethyl adjacent to an activating group) is 1. The van der Waals surface area contributed by atoms with Crippen molar-refractivity contribution in [1.29, 1.82) is 0 Å². The van der Waals surface area contributed by atoms with Gasteiger partial charge in [0, 0.05) is 31.2 Å². The van der Waals surface area contributed by atoms with Gasteiger partial charge in [-0.3, -0.25) is 4.90 Å². The molecule has 1 aromatic rings. The lowest BCUT2D eigenvalue weighted by Gasteiger charge is -2.35. The molecule has 100 valence electrons. The van der Waals surface area contributed by atoms with Crippen molar-refractivity contribution in [3.63, 3.8) is 0 Å². The Morgan fingerprint density at radius 3 is 3.06 bits per heavy atom. The third-order valence-corrected chi connectivity index (χ3v) is 3.31. The van der Waals surface area contributed by atoms with Crippen molar-refractivity contribution in [2.24, 2.45) is 0 Å². The van der Waals surface area contributed by atoms with Crippen molar-refractivity contribution in [2.45, 2.75) is 19.5 Å². The molecule has 1 fully saturated rings. The molecule has 3 nitrogen and oxygen atoms in total. The van der Waals surface area contributed by atoms with Gasteiger partial charge in [0.05, 0.1) is 13.2 Å². The number of rotatable bonds is 5. The summed E-state index contributed by atoms with van der Waals surface area (Å²) in [5.74, 6) is -0.119. The maximum atomic E-state index is 13.7. The molecule has 0 aliphatic carbocycles. The topological polar surface area (TPSA) is 24.5 Å². The van der Waals surface area contributed by atoms with Crippen LogP contribution in [0.2, 0.25) is 0 Å². The smallest absolute Gasteiger partial charge is 0.127 e. The number of halogens is 1. The van der Waals surface area contributed by atoms with Gasteiger partial charge in [-0.2, -0.15) is 0 Å². The fourth-order valence-corrected chi connectivity index (χ4v) is 2.24. The van der Waals surface area contributed by atoms with Crippen LogP contribution in [-0.4, -0.2) is 43.8 Å². The highest BCUT2D eigenvalue weighted by molar-refractivity contribution is 5.17. The maximum absolute atomic E-state index is 13.7. The zero-order chi connectivity index (χ0) is 12.8. The normalized spacial score (nSPS) is 21.1. The molecule has 0 spiro atoms. The molecule has 0 amide bonds. The molecule has 1 atom stereocenters. The summed E-state index contributed by atoms with van der Waals surface area (Å²) in [5, 5.41) is 3.33. The Kier molecular flexibility index (Phi) is 5.11. The highest BCUT2D eigenvalue weighted by atomic mass is 19.1. The quantitative estimate of drug-likeness (QED) is 0.862. The summed E-state index contributed by atoms with van der Waals surface area (Å²) in [6.07, 6.45) is 0. The first-order valence-corrected chi connectivity index (χ1v) is 6.57. The average Bonchev–Trinajstić information content (AvgIpc) is 2.40. The molecular formula is C14H21FN2O. The van der Waals surface area contributed by atoms with E-state index in [9.17, 15) is 4.39 Å². The van der Waals surface area contributed by atoms with E-state index in [0.717, 1.165) is 38.4 Å². The SMILES string of the molecule is CCNCC1COCCN1Cc1ccccc1F. The molecule has 1 heterocycles. The molecule has 2 rings (SSSR count). The Bertz CT molecular complexity index is 373. The summed E-state index contributed by atoms with van der Waals surface area (Å²) in [4.78, 5) is 2.30. The third-order valence-electron chi connectivity index (χ3n) is 3.31. The second kappa shape index (κ2) is 6.83. The fraction of sp³-hybridized carbons (Fsp3) is 0.571. The third kappa shape index (κ3) is 3.51. The van der Waals surface area contributed by atoms with Crippen molar-refractivity contribution in [1.82, 2.24) is 10.2 Å². The number of ether oxygens (including phenoxy) is 1. The second-order valence-electron chi connectivity index (χ2n) is 4.60. The van der Waals surface area contributed by atoms with Gasteiger partial charge in [0.25, 0.3) is 0 Å². The van der Waals surface area contributed by atoms with Crippen molar-refractivity contribution in [3.05, 3.63) is 35.6 Å². The van der Waals surface area contributed by atoms with Crippen molar-refractivity contribution in [3.8, 4) is 0 Å². The van der Waals surface area contributed by atoms with E-state index in [-0.39, 0.29) is 5.82 Å². The van der Waals surface area contributed by atoms with E-state index in [1.165, 1.54) is 6.07 Å². The maximum Gasteiger partial charge on any atom is 0.127 e. The summed E-state index contributed by atoms with van der Waals surface area (Å²) in [6.45, 7) is 6.91. The molecule has 0 saturated carbocycles. The fourth-order valence-electron chi connectivity index (χ4n) is 2.24. The van der Waals surface area contributed by atoms with Gasteiger partial charge in [-0.05, 0) is 12.6 Å². The zero-order valence-corrected chi connectivity index (χ0v) is 10.9. The Morgan fingerprint density at radius 2 is 2.28 bits per heavy atom. The summed E-state index contributed by atoms with van der Waals surface area (Å²) in [7, 11) is 0. The van der Waals surface area contributed by atoms with Gasteiger partial charge in [0.15, 0.2) is 0 Å². The van der Waals surface area contributed by atoms with Crippen LogP contribution in [0, 0.1) is 5.82 Å². The minimum atomic E-state index is -0.119. The largest absolute Gasteiger partial charge is 0.378 e. The monoisotopic (exact) mass is 252 g/mol. The lowest BCUT2D eigenvalue weighted by atomic mass is 10.1. The first-order valence-electron chi connectivity index (χ1n) is 6.57. The summed E-state index contributed by atoms with van der Waals surface area (Å²) in [5.41, 5.74) is 0.765. The van der Waals surface area contributed by atoms with Gasteiger partial charge in [0.2, 0.25) is 0 Å². The molecular weight excluding hydrogens is 231 g/mol. The first-order chi connectivity index (χ1) is 8.81. The first kappa shape index (κ1) is 13.5. The van der Waals surface area contributed by atoms with E-state index in [4.69, 9.17) is 4.74 Å². The molecule has 1 N–H and O–H groups in total. The van der Waals surface area contributed by atoms with Gasteiger partial charge in [-0.1, -0.05) is 25.1 Å². The second-order valence-corrected chi connectivity index (χ2v) is 4.60. The number of hydrogen-bond donors (Lipinski definition) is 1. The van der Waals surface area contributed by atoms with Gasteiger partial charge >= 0.3 is 0 Å². The van der Waals surface area contributed by atoms with E-state index in [0.29, 0.717) is 12.6 Å². The molecule has 0 aromatic heterocycles. The van der Waals surface area contributed by atoms with Crippen LogP contribution in [0.1, 0.15) is 12.5 Å². The molecule has 1 aliphatic rings. The highest BCUT2D eigenvalue weighted by Crippen LogP contribution is 2.14.